The molecule has 0 aliphatic rings. The summed E-state index contributed by atoms with van der Waals surface area (Å²) >= 11 is 1.33. The van der Waals surface area contributed by atoms with Gasteiger partial charge in [-0.15, -0.1) is 11.3 Å². The molecule has 0 bridgehead atoms. The van der Waals surface area contributed by atoms with E-state index in [1.54, 1.807) is 41.8 Å². The van der Waals surface area contributed by atoms with Crippen LogP contribution >= 0.6 is 11.3 Å². The molecule has 0 fully saturated rings. The van der Waals surface area contributed by atoms with Gasteiger partial charge in [0, 0.05) is 29.2 Å². The van der Waals surface area contributed by atoms with Crippen LogP contribution in [0.3, 0.4) is 0 Å². The van der Waals surface area contributed by atoms with E-state index in [1.165, 1.54) is 36.5 Å². The summed E-state index contributed by atoms with van der Waals surface area (Å²) in [5.74, 6) is -1.10. The van der Waals surface area contributed by atoms with Gasteiger partial charge in [0.2, 0.25) is 5.91 Å². The lowest BCUT2D eigenvalue weighted by Gasteiger charge is -2.06. The number of carbonyl (C=O) groups excluding carboxylic acids is 2. The SMILES string of the molecule is CC(=O)Nc1ccc(NC(=O)/C(C#N)=C/c2csc(-c3ccc(F)cc3)n2)cc1. The molecule has 2 aromatic carbocycles. The predicted octanol–water partition coefficient (Wildman–Crippen LogP) is 4.45. The molecule has 3 aromatic rings. The van der Waals surface area contributed by atoms with Gasteiger partial charge >= 0.3 is 0 Å². The van der Waals surface area contributed by atoms with Crippen LogP contribution in [-0.4, -0.2) is 16.8 Å². The number of nitrogens with zero attached hydrogens (tertiary/aromatic N) is 2. The Morgan fingerprint density at radius 2 is 1.69 bits per heavy atom. The van der Waals surface area contributed by atoms with Crippen LogP contribution in [0.1, 0.15) is 12.6 Å². The lowest BCUT2D eigenvalue weighted by Crippen LogP contribution is -2.13. The molecule has 3 rings (SSSR count). The molecule has 0 unspecified atom stereocenters. The monoisotopic (exact) mass is 406 g/mol. The highest BCUT2D eigenvalue weighted by Gasteiger charge is 2.11. The Morgan fingerprint density at radius 1 is 1.07 bits per heavy atom. The summed E-state index contributed by atoms with van der Waals surface area (Å²) < 4.78 is 13.0. The maximum absolute atomic E-state index is 13.0. The third-order valence-electron chi connectivity index (χ3n) is 3.73. The van der Waals surface area contributed by atoms with Crippen LogP contribution < -0.4 is 10.6 Å². The van der Waals surface area contributed by atoms with Gasteiger partial charge in [-0.05, 0) is 54.6 Å². The summed E-state index contributed by atoms with van der Waals surface area (Å²) in [4.78, 5) is 27.8. The first-order chi connectivity index (χ1) is 13.9. The van der Waals surface area contributed by atoms with Gasteiger partial charge in [-0.25, -0.2) is 9.37 Å². The Labute approximate surface area is 170 Å². The molecule has 0 atom stereocenters. The maximum Gasteiger partial charge on any atom is 0.266 e. The van der Waals surface area contributed by atoms with Gasteiger partial charge in [-0.2, -0.15) is 5.26 Å². The fraction of sp³-hybridized carbons (Fsp3) is 0.0476. The normalized spacial score (nSPS) is 10.9. The van der Waals surface area contributed by atoms with Crippen molar-refractivity contribution in [2.24, 2.45) is 0 Å². The van der Waals surface area contributed by atoms with E-state index < -0.39 is 5.91 Å². The number of benzene rings is 2. The number of nitriles is 1. The van der Waals surface area contributed by atoms with Crippen molar-refractivity contribution in [3.05, 3.63) is 71.0 Å². The van der Waals surface area contributed by atoms with Crippen molar-refractivity contribution in [2.45, 2.75) is 6.92 Å². The fourth-order valence-electron chi connectivity index (χ4n) is 2.41. The zero-order chi connectivity index (χ0) is 20.8. The number of hydrogen-bond donors (Lipinski definition) is 2. The molecule has 29 heavy (non-hydrogen) atoms. The molecule has 1 heterocycles. The Bertz CT molecular complexity index is 1110. The van der Waals surface area contributed by atoms with Crippen LogP contribution in [0.25, 0.3) is 16.6 Å². The second-order valence-corrected chi connectivity index (χ2v) is 6.82. The van der Waals surface area contributed by atoms with Gasteiger partial charge in [0.05, 0.1) is 5.69 Å². The molecule has 2 amide bonds. The van der Waals surface area contributed by atoms with Crippen LogP contribution in [0.5, 0.6) is 0 Å². The quantitative estimate of drug-likeness (QED) is 0.483. The van der Waals surface area contributed by atoms with Crippen LogP contribution in [0.4, 0.5) is 15.8 Å². The number of nitrogens with one attached hydrogen (secondary N) is 2. The second-order valence-electron chi connectivity index (χ2n) is 5.97. The number of aromatic nitrogens is 1. The van der Waals surface area contributed by atoms with E-state index in [-0.39, 0.29) is 17.3 Å². The molecule has 1 aromatic heterocycles. The van der Waals surface area contributed by atoms with Crippen LogP contribution in [0, 0.1) is 17.1 Å². The first-order valence-corrected chi connectivity index (χ1v) is 9.35. The molecule has 0 radical (unpaired) electrons. The molecule has 2 N–H and O–H groups in total. The smallest absolute Gasteiger partial charge is 0.266 e. The zero-order valence-electron chi connectivity index (χ0n) is 15.3. The van der Waals surface area contributed by atoms with Gasteiger partial charge < -0.3 is 10.6 Å². The molecule has 0 saturated carbocycles. The van der Waals surface area contributed by atoms with Crippen molar-refractivity contribution in [2.75, 3.05) is 10.6 Å². The van der Waals surface area contributed by atoms with Gasteiger partial charge in [0.25, 0.3) is 5.91 Å². The standard InChI is InChI=1S/C21H15FN4O2S/c1-13(27)24-17-6-8-18(9-7-17)25-20(28)15(11-23)10-19-12-29-21(26-19)14-2-4-16(22)5-3-14/h2-10,12H,1H3,(H,24,27)(H,25,28)/b15-10+. The topological polar surface area (TPSA) is 94.9 Å². The average molecular weight is 406 g/mol. The summed E-state index contributed by atoms with van der Waals surface area (Å²) in [7, 11) is 0. The Hall–Kier alpha value is -3.83. The van der Waals surface area contributed by atoms with Crippen molar-refractivity contribution < 1.29 is 14.0 Å². The highest BCUT2D eigenvalue weighted by atomic mass is 32.1. The number of thiazole rings is 1. The van der Waals surface area contributed by atoms with E-state index in [9.17, 15) is 19.2 Å². The summed E-state index contributed by atoms with van der Waals surface area (Å²) in [6.45, 7) is 1.40. The summed E-state index contributed by atoms with van der Waals surface area (Å²) in [5, 5.41) is 17.0. The lowest BCUT2D eigenvalue weighted by atomic mass is 10.2. The number of anilines is 2. The van der Waals surface area contributed by atoms with Crippen molar-refractivity contribution in [3.8, 4) is 16.6 Å². The van der Waals surface area contributed by atoms with Crippen LogP contribution in [-0.2, 0) is 9.59 Å². The highest BCUT2D eigenvalue weighted by Crippen LogP contribution is 2.25. The second kappa shape index (κ2) is 8.91. The summed E-state index contributed by atoms with van der Waals surface area (Å²) in [6.07, 6.45) is 1.39. The third-order valence-corrected chi connectivity index (χ3v) is 4.64. The molecular weight excluding hydrogens is 391 g/mol. The van der Waals surface area contributed by atoms with Crippen LogP contribution in [0.15, 0.2) is 59.5 Å². The number of amides is 2. The van der Waals surface area contributed by atoms with Crippen molar-refractivity contribution in [1.82, 2.24) is 4.98 Å². The van der Waals surface area contributed by atoms with Crippen LogP contribution in [0.2, 0.25) is 0 Å². The molecule has 0 aliphatic carbocycles. The molecule has 144 valence electrons. The summed E-state index contributed by atoms with van der Waals surface area (Å²) in [6, 6.07) is 14.3. The van der Waals surface area contributed by atoms with Gasteiger partial charge in [0.15, 0.2) is 0 Å². The Balaban J connectivity index is 1.72. The van der Waals surface area contributed by atoms with Gasteiger partial charge in [-0.3, -0.25) is 9.59 Å². The van der Waals surface area contributed by atoms with E-state index >= 15 is 0 Å². The average Bonchev–Trinajstić information content (AvgIpc) is 3.16. The molecule has 0 saturated heterocycles. The van der Waals surface area contributed by atoms with Gasteiger partial charge in [-0.1, -0.05) is 0 Å². The fourth-order valence-corrected chi connectivity index (χ4v) is 3.20. The molecular formula is C21H15FN4O2S. The van der Waals surface area contributed by atoms with Crippen molar-refractivity contribution in [1.29, 1.82) is 5.26 Å². The predicted molar refractivity (Wildman–Crippen MR) is 110 cm³/mol. The Kier molecular flexibility index (Phi) is 6.12. The van der Waals surface area contributed by atoms with Gasteiger partial charge in [0.1, 0.15) is 22.5 Å². The highest BCUT2D eigenvalue weighted by molar-refractivity contribution is 7.13. The van der Waals surface area contributed by atoms with E-state index in [1.807, 2.05) is 6.07 Å². The molecule has 8 heteroatoms. The largest absolute Gasteiger partial charge is 0.326 e. The number of halogens is 1. The Morgan fingerprint density at radius 3 is 2.28 bits per heavy atom. The zero-order valence-corrected chi connectivity index (χ0v) is 16.1. The van der Waals surface area contributed by atoms with Crippen molar-refractivity contribution >= 4 is 40.6 Å². The van der Waals surface area contributed by atoms with E-state index in [0.29, 0.717) is 22.1 Å². The minimum atomic E-state index is -0.573. The maximum atomic E-state index is 13.0. The first-order valence-electron chi connectivity index (χ1n) is 8.47. The molecule has 0 aliphatic heterocycles. The number of rotatable bonds is 5. The minimum absolute atomic E-state index is 0.105. The van der Waals surface area contributed by atoms with E-state index in [2.05, 4.69) is 15.6 Å². The first kappa shape index (κ1) is 19.9. The lowest BCUT2D eigenvalue weighted by molar-refractivity contribution is -0.114. The minimum Gasteiger partial charge on any atom is -0.326 e. The third kappa shape index (κ3) is 5.34. The van der Waals surface area contributed by atoms with Crippen molar-refractivity contribution in [3.63, 3.8) is 0 Å². The summed E-state index contributed by atoms with van der Waals surface area (Å²) in [5.41, 5.74) is 2.19. The van der Waals surface area contributed by atoms with E-state index in [0.717, 1.165) is 5.56 Å². The molecule has 6 nitrogen and oxygen atoms in total. The van der Waals surface area contributed by atoms with E-state index in [4.69, 9.17) is 0 Å². The molecule has 0 spiro atoms. The number of carbonyl (C=O) groups is 2. The number of hydrogen-bond acceptors (Lipinski definition) is 5.